The average Bonchev–Trinajstić information content (AvgIpc) is 2.37. The van der Waals surface area contributed by atoms with Crippen molar-refractivity contribution in [2.45, 2.75) is 87.0 Å². The molecule has 0 heteroatoms. The quantitative estimate of drug-likeness (QED) is 0.389. The molecule has 0 unspecified atom stereocenters. The maximum atomic E-state index is 3.54. The highest BCUT2D eigenvalue weighted by atomic mass is 14.0. The molecule has 0 aromatic rings. The van der Waals surface area contributed by atoms with Crippen LogP contribution >= 0.6 is 0 Å². The lowest BCUT2D eigenvalue weighted by molar-refractivity contribution is 0.882. The second-order valence-electron chi connectivity index (χ2n) is 6.65. The summed E-state index contributed by atoms with van der Waals surface area (Å²) < 4.78 is 0. The lowest BCUT2D eigenvalue weighted by Gasteiger charge is -2.03. The molecule has 0 atom stereocenters. The van der Waals surface area contributed by atoms with Gasteiger partial charge >= 0.3 is 0 Å². The Morgan fingerprint density at radius 2 is 1.38 bits per heavy atom. The van der Waals surface area contributed by atoms with Crippen LogP contribution in [0, 0.1) is 6.08 Å². The first-order valence-corrected chi connectivity index (χ1v) is 8.31. The predicted octanol–water partition coefficient (Wildman–Crippen LogP) is 7.35. The zero-order valence-corrected chi connectivity index (χ0v) is 15.4. The number of hydrogen-bond acceptors (Lipinski definition) is 0. The lowest BCUT2D eigenvalue weighted by atomic mass is 10.0. The third kappa shape index (κ3) is 12.4. The van der Waals surface area contributed by atoms with Gasteiger partial charge in [0.15, 0.2) is 0 Å². The Morgan fingerprint density at radius 3 is 1.95 bits per heavy atom. The van der Waals surface area contributed by atoms with E-state index in [1.165, 1.54) is 40.7 Å². The number of rotatable bonds is 9. The molecule has 0 nitrogen and oxygen atoms in total. The van der Waals surface area contributed by atoms with Crippen molar-refractivity contribution in [2.75, 3.05) is 0 Å². The Kier molecular flexibility index (Phi) is 11.0. The minimum atomic E-state index is 1.06. The highest BCUT2D eigenvalue weighted by Gasteiger charge is 1.94. The van der Waals surface area contributed by atoms with Crippen LogP contribution in [-0.4, -0.2) is 0 Å². The third-order valence-corrected chi connectivity index (χ3v) is 3.88. The van der Waals surface area contributed by atoms with Crippen molar-refractivity contribution in [1.82, 2.24) is 0 Å². The van der Waals surface area contributed by atoms with Crippen LogP contribution in [0.1, 0.15) is 87.0 Å². The van der Waals surface area contributed by atoms with Crippen molar-refractivity contribution in [3.8, 4) is 0 Å². The SMILES string of the molecule is CC(C)=CCC/C(C)=C/CC/C(C)=[C]/CCC(C)=C(C)C. The first-order chi connectivity index (χ1) is 9.82. The van der Waals surface area contributed by atoms with Crippen LogP contribution in [0.5, 0.6) is 0 Å². The molecule has 0 fully saturated rings. The third-order valence-electron chi connectivity index (χ3n) is 3.88. The fourth-order valence-corrected chi connectivity index (χ4v) is 2.03. The monoisotopic (exact) mass is 287 g/mol. The summed E-state index contributed by atoms with van der Waals surface area (Å²) in [5.41, 5.74) is 7.29. The molecule has 0 aliphatic rings. The summed E-state index contributed by atoms with van der Waals surface area (Å²) in [5.74, 6) is 0. The van der Waals surface area contributed by atoms with E-state index in [0.717, 1.165) is 25.7 Å². The van der Waals surface area contributed by atoms with Crippen LogP contribution in [-0.2, 0) is 0 Å². The molecular weight excluding hydrogens is 252 g/mol. The second-order valence-corrected chi connectivity index (χ2v) is 6.65. The van der Waals surface area contributed by atoms with Gasteiger partial charge in [0.05, 0.1) is 0 Å². The molecule has 0 rings (SSSR count). The van der Waals surface area contributed by atoms with E-state index in [2.05, 4.69) is 66.7 Å². The largest absolute Gasteiger partial charge is 0.0856 e. The molecule has 0 N–H and O–H groups in total. The van der Waals surface area contributed by atoms with Gasteiger partial charge in [-0.3, -0.25) is 0 Å². The molecule has 0 saturated heterocycles. The average molecular weight is 288 g/mol. The van der Waals surface area contributed by atoms with E-state index in [1.54, 1.807) is 0 Å². The summed E-state index contributed by atoms with van der Waals surface area (Å²) in [6, 6.07) is 0. The molecule has 119 valence electrons. The Balaban J connectivity index is 3.99. The number of allylic oxidation sites excluding steroid dienone is 8. The molecule has 1 radical (unpaired) electrons. The van der Waals surface area contributed by atoms with Gasteiger partial charge in [-0.2, -0.15) is 0 Å². The Bertz CT molecular complexity index is 405. The van der Waals surface area contributed by atoms with Crippen molar-refractivity contribution in [1.29, 1.82) is 0 Å². The van der Waals surface area contributed by atoms with Crippen molar-refractivity contribution in [2.24, 2.45) is 0 Å². The summed E-state index contributed by atoms with van der Waals surface area (Å²) in [5, 5.41) is 0. The molecule has 0 saturated carbocycles. The van der Waals surface area contributed by atoms with E-state index >= 15 is 0 Å². The topological polar surface area (TPSA) is 0 Å². The maximum absolute atomic E-state index is 3.54. The van der Waals surface area contributed by atoms with E-state index in [9.17, 15) is 0 Å². The van der Waals surface area contributed by atoms with Gasteiger partial charge in [-0.05, 0) is 93.1 Å². The van der Waals surface area contributed by atoms with Gasteiger partial charge in [0.25, 0.3) is 0 Å². The first kappa shape index (κ1) is 20.0. The van der Waals surface area contributed by atoms with Crippen molar-refractivity contribution >= 4 is 0 Å². The molecule has 0 aliphatic heterocycles. The lowest BCUT2D eigenvalue weighted by Crippen LogP contribution is -1.83. The Hall–Kier alpha value is -1.04. The van der Waals surface area contributed by atoms with Gasteiger partial charge in [-0.1, -0.05) is 40.0 Å². The molecule has 0 heterocycles. The molecule has 0 amide bonds. The molecule has 0 aliphatic carbocycles. The summed E-state index contributed by atoms with van der Waals surface area (Å²) in [4.78, 5) is 0. The summed E-state index contributed by atoms with van der Waals surface area (Å²) in [7, 11) is 0. The minimum absolute atomic E-state index is 1.06. The van der Waals surface area contributed by atoms with Crippen molar-refractivity contribution < 1.29 is 0 Å². The van der Waals surface area contributed by atoms with Gasteiger partial charge in [-0.25, -0.2) is 0 Å². The molecule has 0 spiro atoms. The number of hydrogen-bond donors (Lipinski definition) is 0. The van der Waals surface area contributed by atoms with Gasteiger partial charge < -0.3 is 0 Å². The van der Waals surface area contributed by atoms with Gasteiger partial charge in [0.1, 0.15) is 0 Å². The fraction of sp³-hybridized carbons (Fsp3) is 0.619. The highest BCUT2D eigenvalue weighted by molar-refractivity contribution is 5.08. The second kappa shape index (κ2) is 11.6. The predicted molar refractivity (Wildman–Crippen MR) is 97.4 cm³/mol. The first-order valence-electron chi connectivity index (χ1n) is 8.31. The zero-order chi connectivity index (χ0) is 16.3. The zero-order valence-electron chi connectivity index (χ0n) is 15.4. The van der Waals surface area contributed by atoms with Crippen molar-refractivity contribution in [3.05, 3.63) is 46.1 Å². The van der Waals surface area contributed by atoms with Gasteiger partial charge in [0, 0.05) is 0 Å². The van der Waals surface area contributed by atoms with Crippen molar-refractivity contribution in [3.63, 3.8) is 0 Å². The van der Waals surface area contributed by atoms with E-state index < -0.39 is 0 Å². The molecule has 0 aromatic carbocycles. The molecule has 0 bridgehead atoms. The van der Waals surface area contributed by atoms with Crippen LogP contribution in [0.25, 0.3) is 0 Å². The van der Waals surface area contributed by atoms with Crippen LogP contribution in [0.4, 0.5) is 0 Å². The smallest absolute Gasteiger partial charge is 0.0239 e. The van der Waals surface area contributed by atoms with Crippen LogP contribution in [0.3, 0.4) is 0 Å². The normalized spacial score (nSPS) is 12.3. The Morgan fingerprint density at radius 1 is 0.762 bits per heavy atom. The molecule has 21 heavy (non-hydrogen) atoms. The summed E-state index contributed by atoms with van der Waals surface area (Å²) in [6.07, 6.45) is 15.1. The highest BCUT2D eigenvalue weighted by Crippen LogP contribution is 2.14. The van der Waals surface area contributed by atoms with Gasteiger partial charge in [-0.15, -0.1) is 0 Å². The van der Waals surface area contributed by atoms with Crippen LogP contribution < -0.4 is 0 Å². The van der Waals surface area contributed by atoms with E-state index in [4.69, 9.17) is 0 Å². The summed E-state index contributed by atoms with van der Waals surface area (Å²) >= 11 is 0. The van der Waals surface area contributed by atoms with Crippen LogP contribution in [0.15, 0.2) is 40.0 Å². The van der Waals surface area contributed by atoms with E-state index in [0.29, 0.717) is 0 Å². The maximum Gasteiger partial charge on any atom is -0.0239 e. The van der Waals surface area contributed by atoms with Crippen LogP contribution in [0.2, 0.25) is 0 Å². The van der Waals surface area contributed by atoms with E-state index in [1.807, 2.05) is 0 Å². The summed E-state index contributed by atoms with van der Waals surface area (Å²) in [6.45, 7) is 15.4. The minimum Gasteiger partial charge on any atom is -0.0856 e. The fourth-order valence-electron chi connectivity index (χ4n) is 2.03. The Labute approximate surface area is 133 Å². The van der Waals surface area contributed by atoms with Gasteiger partial charge in [0.2, 0.25) is 0 Å². The molecular formula is C21H35. The van der Waals surface area contributed by atoms with E-state index in [-0.39, 0.29) is 0 Å². The standard InChI is InChI=1S/C21H35/c1-17(2)11-8-12-19(5)13-9-14-20(6)15-10-16-21(7)18(3)4/h11,13H,8-10,12,14,16H2,1-7H3/b19-13+,20-15?. The molecule has 0 aromatic heterocycles.